The van der Waals surface area contributed by atoms with Crippen LogP contribution in [0.25, 0.3) is 0 Å². The van der Waals surface area contributed by atoms with Gasteiger partial charge in [-0.25, -0.2) is 13.1 Å². The first-order valence-electron chi connectivity index (χ1n) is 5.21. The third kappa shape index (κ3) is 2.63. The van der Waals surface area contributed by atoms with Crippen molar-refractivity contribution in [2.75, 3.05) is 7.05 Å². The van der Waals surface area contributed by atoms with Crippen LogP contribution in [0.5, 0.6) is 0 Å². The summed E-state index contributed by atoms with van der Waals surface area (Å²) in [7, 11) is -1.47. The number of thiophene rings is 1. The Morgan fingerprint density at radius 3 is 2.75 bits per heavy atom. The van der Waals surface area contributed by atoms with E-state index in [9.17, 15) is 8.42 Å². The van der Waals surface area contributed by atoms with Crippen molar-refractivity contribution in [1.29, 1.82) is 0 Å². The zero-order chi connectivity index (χ0) is 11.8. The van der Waals surface area contributed by atoms with Gasteiger partial charge in [0, 0.05) is 12.1 Å². The molecule has 0 aromatic carbocycles. The Hall–Kier alpha value is -0.430. The summed E-state index contributed by atoms with van der Waals surface area (Å²) in [5.74, 6) is 0. The van der Waals surface area contributed by atoms with Gasteiger partial charge in [-0.15, -0.1) is 11.3 Å². The lowest BCUT2D eigenvalue weighted by molar-refractivity contribution is 0.560. The van der Waals surface area contributed by atoms with Crippen molar-refractivity contribution in [3.05, 3.63) is 17.0 Å². The number of hydrogen-bond donors (Lipinski definition) is 2. The van der Waals surface area contributed by atoms with Crippen LogP contribution in [0.4, 0.5) is 0 Å². The molecule has 2 N–H and O–H groups in total. The van der Waals surface area contributed by atoms with Gasteiger partial charge in [-0.1, -0.05) is 0 Å². The summed E-state index contributed by atoms with van der Waals surface area (Å²) in [6, 6.07) is 1.73. The zero-order valence-corrected chi connectivity index (χ0v) is 11.0. The standard InChI is InChI=1S/C10H16N2O2S2/c1-10(3-4-10)12-16(13,14)9-5-8(6-11-2)7-15-9/h5,7,11-12H,3-4,6H2,1-2H3. The smallest absolute Gasteiger partial charge is 0.250 e. The van der Waals surface area contributed by atoms with Crippen molar-refractivity contribution in [2.24, 2.45) is 0 Å². The molecule has 1 fully saturated rings. The van der Waals surface area contributed by atoms with Gasteiger partial charge in [-0.05, 0) is 43.8 Å². The number of nitrogens with one attached hydrogen (secondary N) is 2. The quantitative estimate of drug-likeness (QED) is 0.839. The molecule has 0 unspecified atom stereocenters. The molecule has 0 atom stereocenters. The van der Waals surface area contributed by atoms with E-state index in [-0.39, 0.29) is 5.54 Å². The summed E-state index contributed by atoms with van der Waals surface area (Å²) >= 11 is 1.27. The molecular formula is C10H16N2O2S2. The summed E-state index contributed by atoms with van der Waals surface area (Å²) < 4.78 is 27.1. The van der Waals surface area contributed by atoms with E-state index < -0.39 is 10.0 Å². The largest absolute Gasteiger partial charge is 0.316 e. The molecule has 4 nitrogen and oxygen atoms in total. The summed E-state index contributed by atoms with van der Waals surface area (Å²) in [4.78, 5) is 0. The van der Waals surface area contributed by atoms with Gasteiger partial charge in [0.2, 0.25) is 0 Å². The minimum Gasteiger partial charge on any atom is -0.316 e. The van der Waals surface area contributed by atoms with Crippen molar-refractivity contribution >= 4 is 21.4 Å². The topological polar surface area (TPSA) is 58.2 Å². The molecule has 1 aliphatic carbocycles. The van der Waals surface area contributed by atoms with Gasteiger partial charge in [0.05, 0.1) is 0 Å². The third-order valence-corrected chi connectivity index (χ3v) is 5.78. The van der Waals surface area contributed by atoms with Crippen molar-refractivity contribution in [1.82, 2.24) is 10.0 Å². The summed E-state index contributed by atoms with van der Waals surface area (Å²) in [5.41, 5.74) is 0.806. The van der Waals surface area contributed by atoms with Gasteiger partial charge < -0.3 is 5.32 Å². The zero-order valence-electron chi connectivity index (χ0n) is 9.41. The van der Waals surface area contributed by atoms with Crippen LogP contribution < -0.4 is 10.0 Å². The molecule has 1 saturated carbocycles. The highest BCUT2D eigenvalue weighted by atomic mass is 32.2. The second-order valence-electron chi connectivity index (χ2n) is 4.47. The van der Waals surface area contributed by atoms with Crippen LogP contribution in [0.2, 0.25) is 0 Å². The Morgan fingerprint density at radius 1 is 1.50 bits per heavy atom. The molecule has 0 aliphatic heterocycles. The van der Waals surface area contributed by atoms with E-state index in [1.165, 1.54) is 11.3 Å². The normalized spacial score (nSPS) is 18.6. The molecule has 1 heterocycles. The van der Waals surface area contributed by atoms with Gasteiger partial charge in [0.25, 0.3) is 10.0 Å². The first kappa shape index (κ1) is 12.0. The number of rotatable bonds is 5. The SMILES string of the molecule is CNCc1csc(S(=O)(=O)NC2(C)CC2)c1. The molecule has 1 aliphatic rings. The van der Waals surface area contributed by atoms with Gasteiger partial charge in [0.1, 0.15) is 4.21 Å². The minimum absolute atomic E-state index is 0.202. The highest BCUT2D eigenvalue weighted by Gasteiger charge is 2.41. The lowest BCUT2D eigenvalue weighted by Gasteiger charge is -2.10. The molecule has 0 radical (unpaired) electrons. The molecule has 6 heteroatoms. The Kier molecular flexibility index (Phi) is 3.09. The Bertz CT molecular complexity index is 475. The monoisotopic (exact) mass is 260 g/mol. The molecule has 0 spiro atoms. The average molecular weight is 260 g/mol. The molecule has 90 valence electrons. The molecule has 0 bridgehead atoms. The van der Waals surface area contributed by atoms with Crippen LogP contribution in [-0.2, 0) is 16.6 Å². The van der Waals surface area contributed by atoms with Crippen molar-refractivity contribution < 1.29 is 8.42 Å². The Labute approximate surface area is 100 Å². The number of sulfonamides is 1. The van der Waals surface area contributed by atoms with Gasteiger partial charge in [-0.2, -0.15) is 0 Å². The minimum atomic E-state index is -3.31. The summed E-state index contributed by atoms with van der Waals surface area (Å²) in [6.45, 7) is 2.63. The van der Waals surface area contributed by atoms with E-state index in [0.717, 1.165) is 18.4 Å². The third-order valence-electron chi connectivity index (χ3n) is 2.66. The lowest BCUT2D eigenvalue weighted by atomic mass is 10.3. The van der Waals surface area contributed by atoms with Crippen LogP contribution in [0.1, 0.15) is 25.3 Å². The summed E-state index contributed by atoms with van der Waals surface area (Å²) in [6.07, 6.45) is 1.86. The average Bonchev–Trinajstić information content (AvgIpc) is 2.73. The van der Waals surface area contributed by atoms with Crippen molar-refractivity contribution in [3.63, 3.8) is 0 Å². The fourth-order valence-electron chi connectivity index (χ4n) is 1.46. The van der Waals surface area contributed by atoms with Crippen molar-refractivity contribution in [2.45, 2.75) is 36.1 Å². The van der Waals surface area contributed by atoms with Crippen LogP contribution in [0.3, 0.4) is 0 Å². The van der Waals surface area contributed by atoms with Crippen LogP contribution in [0, 0.1) is 0 Å². The molecular weight excluding hydrogens is 244 g/mol. The Balaban J connectivity index is 2.15. The van der Waals surface area contributed by atoms with E-state index in [0.29, 0.717) is 10.8 Å². The maximum atomic E-state index is 12.0. The van der Waals surface area contributed by atoms with E-state index in [1.807, 2.05) is 19.4 Å². The highest BCUT2D eigenvalue weighted by Crippen LogP contribution is 2.36. The first-order chi connectivity index (χ1) is 7.45. The maximum absolute atomic E-state index is 12.0. The molecule has 0 amide bonds. The molecule has 1 aromatic rings. The summed E-state index contributed by atoms with van der Waals surface area (Å²) in [5, 5.41) is 4.88. The van der Waals surface area contributed by atoms with Gasteiger partial charge in [0.15, 0.2) is 0 Å². The van der Waals surface area contributed by atoms with Crippen LogP contribution >= 0.6 is 11.3 Å². The van der Waals surface area contributed by atoms with Crippen LogP contribution in [-0.4, -0.2) is 21.0 Å². The van der Waals surface area contributed by atoms with Crippen molar-refractivity contribution in [3.8, 4) is 0 Å². The predicted octanol–water partition coefficient (Wildman–Crippen LogP) is 1.30. The van der Waals surface area contributed by atoms with Gasteiger partial charge in [-0.3, -0.25) is 0 Å². The van der Waals surface area contributed by atoms with E-state index in [2.05, 4.69) is 10.0 Å². The molecule has 0 saturated heterocycles. The predicted molar refractivity (Wildman–Crippen MR) is 65.0 cm³/mol. The van der Waals surface area contributed by atoms with E-state index >= 15 is 0 Å². The Morgan fingerprint density at radius 2 is 2.19 bits per heavy atom. The molecule has 1 aromatic heterocycles. The molecule has 16 heavy (non-hydrogen) atoms. The second kappa shape index (κ2) is 4.10. The molecule has 2 rings (SSSR count). The number of hydrogen-bond acceptors (Lipinski definition) is 4. The van der Waals surface area contributed by atoms with Gasteiger partial charge >= 0.3 is 0 Å². The van der Waals surface area contributed by atoms with Crippen LogP contribution in [0.15, 0.2) is 15.7 Å². The fourth-order valence-corrected chi connectivity index (χ4v) is 4.13. The first-order valence-corrected chi connectivity index (χ1v) is 7.57. The van der Waals surface area contributed by atoms with E-state index in [1.54, 1.807) is 6.07 Å². The fraction of sp³-hybridized carbons (Fsp3) is 0.600. The highest BCUT2D eigenvalue weighted by molar-refractivity contribution is 7.91. The second-order valence-corrected chi connectivity index (χ2v) is 7.29. The maximum Gasteiger partial charge on any atom is 0.250 e. The lowest BCUT2D eigenvalue weighted by Crippen LogP contribution is -2.33. The van der Waals surface area contributed by atoms with E-state index in [4.69, 9.17) is 0 Å².